The molecule has 19 heavy (non-hydrogen) atoms. The van der Waals surface area contributed by atoms with Crippen LogP contribution in [0.5, 0.6) is 0 Å². The number of anilines is 1. The van der Waals surface area contributed by atoms with E-state index >= 15 is 0 Å². The van der Waals surface area contributed by atoms with Crippen LogP contribution in [0.2, 0.25) is 0 Å². The molecule has 0 amide bonds. The molecule has 1 unspecified atom stereocenters. The van der Waals surface area contributed by atoms with Crippen molar-refractivity contribution < 1.29 is 0 Å². The quantitative estimate of drug-likeness (QED) is 0.866. The minimum absolute atomic E-state index is 0.669. The zero-order chi connectivity index (χ0) is 13.2. The smallest absolute Gasteiger partial charge is 0.0376 e. The van der Waals surface area contributed by atoms with Gasteiger partial charge in [-0.05, 0) is 50.7 Å². The molecule has 0 spiro atoms. The molecule has 0 aromatic heterocycles. The SMILES string of the molecule is CC(C)N(CC1CC1)CC1CCNc2ccccc21. The Morgan fingerprint density at radius 2 is 1.95 bits per heavy atom. The van der Waals surface area contributed by atoms with E-state index in [2.05, 4.69) is 48.3 Å². The molecule has 2 nitrogen and oxygen atoms in total. The van der Waals surface area contributed by atoms with Crippen LogP contribution in [0.25, 0.3) is 0 Å². The summed E-state index contributed by atoms with van der Waals surface area (Å²) in [5.41, 5.74) is 2.88. The average molecular weight is 258 g/mol. The van der Waals surface area contributed by atoms with Gasteiger partial charge < -0.3 is 10.2 Å². The van der Waals surface area contributed by atoms with Gasteiger partial charge in [0.1, 0.15) is 0 Å². The van der Waals surface area contributed by atoms with E-state index in [9.17, 15) is 0 Å². The molecule has 1 heterocycles. The summed E-state index contributed by atoms with van der Waals surface area (Å²) in [4.78, 5) is 2.70. The summed E-state index contributed by atoms with van der Waals surface area (Å²) in [6.07, 6.45) is 4.17. The van der Waals surface area contributed by atoms with Gasteiger partial charge in [-0.25, -0.2) is 0 Å². The molecule has 0 bridgehead atoms. The van der Waals surface area contributed by atoms with Crippen LogP contribution in [0.4, 0.5) is 5.69 Å². The van der Waals surface area contributed by atoms with Crippen LogP contribution in [0, 0.1) is 5.92 Å². The molecule has 1 atom stereocenters. The van der Waals surface area contributed by atoms with Gasteiger partial charge in [0.25, 0.3) is 0 Å². The van der Waals surface area contributed by atoms with Crippen LogP contribution in [0.3, 0.4) is 0 Å². The zero-order valence-electron chi connectivity index (χ0n) is 12.2. The van der Waals surface area contributed by atoms with E-state index in [1.165, 1.54) is 43.6 Å². The second kappa shape index (κ2) is 5.54. The predicted octanol–water partition coefficient (Wildman–Crippen LogP) is 3.71. The standard InChI is InChI=1S/C17H26N2/c1-13(2)19(11-14-7-8-14)12-15-9-10-18-17-6-4-3-5-16(15)17/h3-6,13-15,18H,7-12H2,1-2H3. The molecule has 0 radical (unpaired) electrons. The van der Waals surface area contributed by atoms with Crippen LogP contribution >= 0.6 is 0 Å². The first kappa shape index (κ1) is 13.0. The lowest BCUT2D eigenvalue weighted by Crippen LogP contribution is -2.37. The van der Waals surface area contributed by atoms with Gasteiger partial charge >= 0.3 is 0 Å². The molecule has 1 aliphatic carbocycles. The highest BCUT2D eigenvalue weighted by atomic mass is 15.2. The van der Waals surface area contributed by atoms with E-state index in [1.807, 2.05) is 0 Å². The Labute approximate surface area is 117 Å². The molecule has 1 aliphatic heterocycles. The fourth-order valence-electron chi connectivity index (χ4n) is 3.15. The Kier molecular flexibility index (Phi) is 3.79. The van der Waals surface area contributed by atoms with E-state index in [0.717, 1.165) is 12.5 Å². The first-order valence-electron chi connectivity index (χ1n) is 7.81. The summed E-state index contributed by atoms with van der Waals surface area (Å²) in [7, 11) is 0. The van der Waals surface area contributed by atoms with Crippen LogP contribution in [0.1, 0.15) is 44.6 Å². The maximum Gasteiger partial charge on any atom is 0.0376 e. The Hall–Kier alpha value is -1.02. The second-order valence-electron chi connectivity index (χ2n) is 6.49. The summed E-state index contributed by atoms with van der Waals surface area (Å²) in [6, 6.07) is 9.52. The van der Waals surface area contributed by atoms with Gasteiger partial charge in [0.2, 0.25) is 0 Å². The largest absolute Gasteiger partial charge is 0.385 e. The molecular formula is C17H26N2. The van der Waals surface area contributed by atoms with Crippen molar-refractivity contribution in [2.45, 2.75) is 45.1 Å². The number of nitrogens with one attached hydrogen (secondary N) is 1. The normalized spacial score (nSPS) is 22.4. The van der Waals surface area contributed by atoms with Crippen molar-refractivity contribution >= 4 is 5.69 Å². The van der Waals surface area contributed by atoms with Gasteiger partial charge in [0, 0.05) is 37.3 Å². The third-order valence-corrected chi connectivity index (χ3v) is 4.58. The lowest BCUT2D eigenvalue weighted by atomic mass is 9.90. The second-order valence-corrected chi connectivity index (χ2v) is 6.49. The molecule has 1 aromatic carbocycles. The highest BCUT2D eigenvalue weighted by Crippen LogP contribution is 2.34. The molecule has 0 saturated heterocycles. The summed E-state index contributed by atoms with van der Waals surface area (Å²) in [5.74, 6) is 1.69. The monoisotopic (exact) mass is 258 g/mol. The Morgan fingerprint density at radius 1 is 1.16 bits per heavy atom. The van der Waals surface area contributed by atoms with E-state index in [4.69, 9.17) is 0 Å². The number of benzene rings is 1. The number of fused-ring (bicyclic) bond motifs is 1. The molecular weight excluding hydrogens is 232 g/mol. The maximum atomic E-state index is 3.53. The van der Waals surface area contributed by atoms with E-state index in [0.29, 0.717) is 12.0 Å². The highest BCUT2D eigenvalue weighted by Gasteiger charge is 2.28. The van der Waals surface area contributed by atoms with E-state index < -0.39 is 0 Å². The lowest BCUT2D eigenvalue weighted by molar-refractivity contribution is 0.196. The van der Waals surface area contributed by atoms with Crippen molar-refractivity contribution in [2.75, 3.05) is 25.0 Å². The van der Waals surface area contributed by atoms with Gasteiger partial charge in [-0.1, -0.05) is 18.2 Å². The zero-order valence-corrected chi connectivity index (χ0v) is 12.2. The Morgan fingerprint density at radius 3 is 2.68 bits per heavy atom. The topological polar surface area (TPSA) is 15.3 Å². The van der Waals surface area contributed by atoms with Gasteiger partial charge in [-0.2, -0.15) is 0 Å². The highest BCUT2D eigenvalue weighted by molar-refractivity contribution is 5.54. The van der Waals surface area contributed by atoms with Crippen molar-refractivity contribution in [3.8, 4) is 0 Å². The predicted molar refractivity (Wildman–Crippen MR) is 81.7 cm³/mol. The Bertz CT molecular complexity index is 423. The van der Waals surface area contributed by atoms with Gasteiger partial charge in [0.15, 0.2) is 0 Å². The fourth-order valence-corrected chi connectivity index (χ4v) is 3.15. The minimum Gasteiger partial charge on any atom is -0.385 e. The number of hydrogen-bond acceptors (Lipinski definition) is 2. The van der Waals surface area contributed by atoms with Gasteiger partial charge in [-0.3, -0.25) is 0 Å². The van der Waals surface area contributed by atoms with Crippen LogP contribution in [0.15, 0.2) is 24.3 Å². The minimum atomic E-state index is 0.669. The van der Waals surface area contributed by atoms with E-state index in [-0.39, 0.29) is 0 Å². The third kappa shape index (κ3) is 3.11. The summed E-state index contributed by atoms with van der Waals surface area (Å²) < 4.78 is 0. The lowest BCUT2D eigenvalue weighted by Gasteiger charge is -2.34. The molecule has 2 heteroatoms. The summed E-state index contributed by atoms with van der Waals surface area (Å²) in [5, 5.41) is 3.53. The molecule has 3 rings (SSSR count). The van der Waals surface area contributed by atoms with Crippen molar-refractivity contribution in [3.63, 3.8) is 0 Å². The van der Waals surface area contributed by atoms with Gasteiger partial charge in [-0.15, -0.1) is 0 Å². The van der Waals surface area contributed by atoms with E-state index in [1.54, 1.807) is 0 Å². The molecule has 104 valence electrons. The third-order valence-electron chi connectivity index (χ3n) is 4.58. The number of hydrogen-bond donors (Lipinski definition) is 1. The first-order valence-corrected chi connectivity index (χ1v) is 7.81. The summed E-state index contributed by atoms with van der Waals surface area (Å²) in [6.45, 7) is 8.35. The number of nitrogens with zero attached hydrogens (tertiary/aromatic N) is 1. The van der Waals surface area contributed by atoms with Crippen LogP contribution < -0.4 is 5.32 Å². The van der Waals surface area contributed by atoms with Crippen molar-refractivity contribution in [3.05, 3.63) is 29.8 Å². The molecule has 2 aliphatic rings. The van der Waals surface area contributed by atoms with Crippen molar-refractivity contribution in [1.29, 1.82) is 0 Å². The van der Waals surface area contributed by atoms with Crippen LogP contribution in [-0.4, -0.2) is 30.6 Å². The first-order chi connectivity index (χ1) is 9.24. The van der Waals surface area contributed by atoms with Gasteiger partial charge in [0.05, 0.1) is 0 Å². The fraction of sp³-hybridized carbons (Fsp3) is 0.647. The van der Waals surface area contributed by atoms with Crippen molar-refractivity contribution in [2.24, 2.45) is 5.92 Å². The molecule has 1 saturated carbocycles. The molecule has 1 N–H and O–H groups in total. The van der Waals surface area contributed by atoms with Crippen molar-refractivity contribution in [1.82, 2.24) is 4.90 Å². The Balaban J connectivity index is 1.71. The maximum absolute atomic E-state index is 3.53. The molecule has 1 fully saturated rings. The van der Waals surface area contributed by atoms with Crippen LogP contribution in [-0.2, 0) is 0 Å². The number of rotatable bonds is 5. The average Bonchev–Trinajstić information content (AvgIpc) is 3.22. The summed E-state index contributed by atoms with van der Waals surface area (Å²) >= 11 is 0. The molecule has 1 aromatic rings. The number of para-hydroxylation sites is 1.